The van der Waals surface area contributed by atoms with E-state index in [2.05, 4.69) is 5.32 Å². The highest BCUT2D eigenvalue weighted by Crippen LogP contribution is 2.17. The topological polar surface area (TPSA) is 101 Å². The molecule has 18 heavy (non-hydrogen) atoms. The lowest BCUT2D eigenvalue weighted by Gasteiger charge is -2.23. The molecule has 106 valence electrons. The van der Waals surface area contributed by atoms with Crippen molar-refractivity contribution in [1.29, 1.82) is 0 Å². The van der Waals surface area contributed by atoms with Crippen LogP contribution in [0.2, 0.25) is 0 Å². The number of rotatable bonds is 10. The summed E-state index contributed by atoms with van der Waals surface area (Å²) in [5.41, 5.74) is 0. The molecule has 0 heterocycles. The fraction of sp³-hybridized carbons (Fsp3) is 0.818. The lowest BCUT2D eigenvalue weighted by atomic mass is 10.0. The minimum Gasteiger partial charge on any atom is -0.303 e. The Hall–Kier alpha value is -0.790. The van der Waals surface area contributed by atoms with Crippen molar-refractivity contribution in [3.8, 4) is 0 Å². The van der Waals surface area contributed by atoms with Crippen LogP contribution in [0.3, 0.4) is 0 Å². The molecular formula is C11H21NO5S. The molecule has 0 saturated heterocycles. The summed E-state index contributed by atoms with van der Waals surface area (Å²) in [6.07, 6.45) is 4.34. The fourth-order valence-corrected chi connectivity index (χ4v) is 2.17. The van der Waals surface area contributed by atoms with E-state index in [0.29, 0.717) is 12.8 Å². The monoisotopic (exact) mass is 279 g/mol. The van der Waals surface area contributed by atoms with Gasteiger partial charge in [-0.1, -0.05) is 12.8 Å². The van der Waals surface area contributed by atoms with Gasteiger partial charge in [-0.25, -0.2) is 0 Å². The molecule has 0 aliphatic rings. The predicted octanol–water partition coefficient (Wildman–Crippen LogP) is 0.918. The normalized spacial score (nSPS) is 15.1. The van der Waals surface area contributed by atoms with Gasteiger partial charge in [-0.3, -0.25) is 14.7 Å². The van der Waals surface area contributed by atoms with E-state index in [-0.39, 0.29) is 6.42 Å². The Labute approximate surface area is 108 Å². The molecule has 6 nitrogen and oxygen atoms in total. The van der Waals surface area contributed by atoms with E-state index in [0.717, 1.165) is 32.5 Å². The SMILES string of the molecule is CNC(C)(C(=O)CCCCCCC=O)S(=O)(=O)O. The minimum atomic E-state index is -4.47. The third kappa shape index (κ3) is 4.83. The van der Waals surface area contributed by atoms with Crippen LogP contribution in [0.25, 0.3) is 0 Å². The van der Waals surface area contributed by atoms with Crippen LogP contribution in [0.5, 0.6) is 0 Å². The van der Waals surface area contributed by atoms with E-state index in [9.17, 15) is 18.0 Å². The highest BCUT2D eigenvalue weighted by atomic mass is 32.2. The number of hydrogen-bond acceptors (Lipinski definition) is 5. The molecule has 0 fully saturated rings. The maximum Gasteiger partial charge on any atom is 0.291 e. The lowest BCUT2D eigenvalue weighted by Crippen LogP contribution is -2.53. The standard InChI is InChI=1S/C11H21NO5S/c1-11(12-2,18(15,16)17)10(14)8-6-4-3-5-7-9-13/h9,12H,3-8H2,1-2H3,(H,15,16,17). The van der Waals surface area contributed by atoms with Crippen molar-refractivity contribution in [2.75, 3.05) is 7.05 Å². The fourth-order valence-electron chi connectivity index (χ4n) is 1.52. The zero-order chi connectivity index (χ0) is 14.2. The van der Waals surface area contributed by atoms with Crippen LogP contribution < -0.4 is 5.32 Å². The number of hydrogen-bond donors (Lipinski definition) is 2. The van der Waals surface area contributed by atoms with Crippen LogP contribution in [-0.4, -0.2) is 37.0 Å². The molecule has 0 aromatic heterocycles. The third-order valence-corrected chi connectivity index (χ3v) is 4.46. The van der Waals surface area contributed by atoms with E-state index < -0.39 is 20.8 Å². The second-order valence-corrected chi connectivity index (χ2v) is 6.07. The summed E-state index contributed by atoms with van der Waals surface area (Å²) in [6, 6.07) is 0. The maximum atomic E-state index is 11.8. The van der Waals surface area contributed by atoms with Gasteiger partial charge in [0.2, 0.25) is 4.87 Å². The summed E-state index contributed by atoms with van der Waals surface area (Å²) in [4.78, 5) is 19.9. The zero-order valence-corrected chi connectivity index (χ0v) is 11.6. The Morgan fingerprint density at radius 1 is 1.28 bits per heavy atom. The molecule has 0 bridgehead atoms. The molecule has 2 N–H and O–H groups in total. The summed E-state index contributed by atoms with van der Waals surface area (Å²) < 4.78 is 31.3. The number of unbranched alkanes of at least 4 members (excludes halogenated alkanes) is 4. The first-order valence-electron chi connectivity index (χ1n) is 5.92. The third-order valence-electron chi connectivity index (χ3n) is 3.00. The van der Waals surface area contributed by atoms with E-state index in [4.69, 9.17) is 4.55 Å². The van der Waals surface area contributed by atoms with Crippen molar-refractivity contribution in [2.24, 2.45) is 0 Å². The highest BCUT2D eigenvalue weighted by Gasteiger charge is 2.43. The first kappa shape index (κ1) is 17.2. The zero-order valence-electron chi connectivity index (χ0n) is 10.8. The van der Waals surface area contributed by atoms with Gasteiger partial charge >= 0.3 is 0 Å². The molecule has 0 amide bonds. The van der Waals surface area contributed by atoms with E-state index in [1.807, 2.05) is 0 Å². The Morgan fingerprint density at radius 2 is 1.83 bits per heavy atom. The van der Waals surface area contributed by atoms with Crippen molar-refractivity contribution in [2.45, 2.75) is 50.3 Å². The average molecular weight is 279 g/mol. The summed E-state index contributed by atoms with van der Waals surface area (Å²) in [5.74, 6) is -0.553. The number of carbonyl (C=O) groups is 2. The van der Waals surface area contributed by atoms with Gasteiger partial charge in [0, 0.05) is 12.8 Å². The molecule has 1 unspecified atom stereocenters. The number of ketones is 1. The van der Waals surface area contributed by atoms with Gasteiger partial charge in [0.1, 0.15) is 6.29 Å². The summed E-state index contributed by atoms with van der Waals surface area (Å²) in [5, 5.41) is 2.35. The van der Waals surface area contributed by atoms with Crippen LogP contribution >= 0.6 is 0 Å². The first-order valence-corrected chi connectivity index (χ1v) is 7.36. The molecule has 7 heteroatoms. The molecule has 0 radical (unpaired) electrons. The molecule has 0 aliphatic carbocycles. The lowest BCUT2D eigenvalue weighted by molar-refractivity contribution is -0.122. The van der Waals surface area contributed by atoms with Crippen LogP contribution in [0, 0.1) is 0 Å². The molecule has 0 spiro atoms. The second kappa shape index (κ2) is 7.60. The Morgan fingerprint density at radius 3 is 2.28 bits per heavy atom. The van der Waals surface area contributed by atoms with Crippen molar-refractivity contribution in [1.82, 2.24) is 5.32 Å². The molecule has 0 aromatic carbocycles. The van der Waals surface area contributed by atoms with Crippen molar-refractivity contribution >= 4 is 22.2 Å². The molecule has 0 saturated carbocycles. The molecular weight excluding hydrogens is 258 g/mol. The van der Waals surface area contributed by atoms with Gasteiger partial charge < -0.3 is 4.79 Å². The number of carbonyl (C=O) groups excluding carboxylic acids is 2. The maximum absolute atomic E-state index is 11.8. The van der Waals surface area contributed by atoms with Gasteiger partial charge in [-0.05, 0) is 26.8 Å². The Balaban J connectivity index is 4.19. The van der Waals surface area contributed by atoms with Crippen molar-refractivity contribution in [3.63, 3.8) is 0 Å². The average Bonchev–Trinajstić information content (AvgIpc) is 2.30. The van der Waals surface area contributed by atoms with Gasteiger partial charge in [0.25, 0.3) is 10.1 Å². The van der Waals surface area contributed by atoms with Gasteiger partial charge in [-0.2, -0.15) is 8.42 Å². The molecule has 0 aromatic rings. The summed E-state index contributed by atoms with van der Waals surface area (Å²) in [6.45, 7) is 1.15. The molecule has 1 atom stereocenters. The summed E-state index contributed by atoms with van der Waals surface area (Å²) in [7, 11) is -3.16. The van der Waals surface area contributed by atoms with Crippen LogP contribution in [0.1, 0.15) is 45.4 Å². The van der Waals surface area contributed by atoms with Crippen molar-refractivity contribution < 1.29 is 22.6 Å². The molecule has 0 aliphatic heterocycles. The van der Waals surface area contributed by atoms with Crippen molar-refractivity contribution in [3.05, 3.63) is 0 Å². The Kier molecular flexibility index (Phi) is 7.27. The Bertz CT molecular complexity index is 379. The number of Topliss-reactive ketones (excluding diaryl/α,β-unsaturated/α-hetero) is 1. The van der Waals surface area contributed by atoms with Crippen LogP contribution in [-0.2, 0) is 19.7 Å². The minimum absolute atomic E-state index is 0.0816. The first-order chi connectivity index (χ1) is 8.29. The largest absolute Gasteiger partial charge is 0.303 e. The quantitative estimate of drug-likeness (QED) is 0.350. The molecule has 0 rings (SSSR count). The highest BCUT2D eigenvalue weighted by molar-refractivity contribution is 7.88. The number of nitrogens with one attached hydrogen (secondary N) is 1. The summed E-state index contributed by atoms with van der Waals surface area (Å²) >= 11 is 0. The van der Waals surface area contributed by atoms with Gasteiger partial charge in [0.05, 0.1) is 0 Å². The van der Waals surface area contributed by atoms with Gasteiger partial charge in [-0.15, -0.1) is 0 Å². The van der Waals surface area contributed by atoms with E-state index in [1.165, 1.54) is 7.05 Å². The van der Waals surface area contributed by atoms with Crippen LogP contribution in [0.4, 0.5) is 0 Å². The second-order valence-electron chi connectivity index (χ2n) is 4.30. The smallest absolute Gasteiger partial charge is 0.291 e. The van der Waals surface area contributed by atoms with Gasteiger partial charge in [0.15, 0.2) is 5.78 Å². The number of aldehydes is 1. The predicted molar refractivity (Wildman–Crippen MR) is 67.8 cm³/mol. The van der Waals surface area contributed by atoms with E-state index >= 15 is 0 Å². The number of likely N-dealkylation sites (N-methyl/N-ethyl adjacent to an activating group) is 1. The van der Waals surface area contributed by atoms with Crippen LogP contribution in [0.15, 0.2) is 0 Å². The van der Waals surface area contributed by atoms with E-state index in [1.54, 1.807) is 0 Å².